The van der Waals surface area contributed by atoms with Crippen LogP contribution in [0, 0.1) is 6.92 Å². The Morgan fingerprint density at radius 3 is 2.81 bits per heavy atom. The van der Waals surface area contributed by atoms with E-state index in [1.165, 1.54) is 16.4 Å². The molecule has 0 atom stereocenters. The number of aromatic nitrogens is 4. The third-order valence-corrected chi connectivity index (χ3v) is 4.36. The summed E-state index contributed by atoms with van der Waals surface area (Å²) in [6, 6.07) is 0. The first-order valence-electron chi connectivity index (χ1n) is 6.23. The van der Waals surface area contributed by atoms with Gasteiger partial charge in [0.25, 0.3) is 5.56 Å². The third kappa shape index (κ3) is 4.11. The van der Waals surface area contributed by atoms with Gasteiger partial charge in [-0.05, 0) is 13.3 Å². The molecular formula is C12H14N4O3S2. The molecule has 0 aliphatic carbocycles. The van der Waals surface area contributed by atoms with Crippen molar-refractivity contribution in [3.63, 3.8) is 0 Å². The summed E-state index contributed by atoms with van der Waals surface area (Å²) in [5, 5.41) is 16.2. The number of carboxylic acid groups (broad SMARTS) is 1. The van der Waals surface area contributed by atoms with Crippen molar-refractivity contribution in [2.75, 3.05) is 0 Å². The summed E-state index contributed by atoms with van der Waals surface area (Å²) in [6.07, 6.45) is 0.418. The first kappa shape index (κ1) is 15.6. The Hall–Kier alpha value is -1.74. The Balaban J connectivity index is 2.25. The van der Waals surface area contributed by atoms with Gasteiger partial charge in [-0.15, -0.1) is 11.3 Å². The highest BCUT2D eigenvalue weighted by Gasteiger charge is 2.13. The molecule has 0 aliphatic rings. The summed E-state index contributed by atoms with van der Waals surface area (Å²) < 4.78 is 1.26. The number of carboxylic acids is 1. The number of rotatable bonds is 6. The molecule has 0 saturated carbocycles. The Labute approximate surface area is 129 Å². The van der Waals surface area contributed by atoms with Crippen LogP contribution in [0.1, 0.15) is 23.3 Å². The van der Waals surface area contributed by atoms with E-state index in [9.17, 15) is 9.59 Å². The summed E-state index contributed by atoms with van der Waals surface area (Å²) in [6.45, 7) is 3.37. The van der Waals surface area contributed by atoms with Gasteiger partial charge in [-0.1, -0.05) is 18.7 Å². The SMILES string of the molecule is CCc1nn(CC(=O)O)c(SCc2csc(C)n2)nc1=O. The molecule has 7 nitrogen and oxygen atoms in total. The van der Waals surface area contributed by atoms with Gasteiger partial charge in [0.1, 0.15) is 12.2 Å². The highest BCUT2D eigenvalue weighted by molar-refractivity contribution is 7.98. The van der Waals surface area contributed by atoms with Crippen molar-refractivity contribution < 1.29 is 9.90 Å². The van der Waals surface area contributed by atoms with Crippen molar-refractivity contribution in [2.24, 2.45) is 0 Å². The van der Waals surface area contributed by atoms with E-state index in [1.54, 1.807) is 18.3 Å². The molecule has 0 aromatic carbocycles. The lowest BCUT2D eigenvalue weighted by Crippen LogP contribution is -2.25. The highest BCUT2D eigenvalue weighted by Crippen LogP contribution is 2.20. The molecule has 0 amide bonds. The van der Waals surface area contributed by atoms with Crippen LogP contribution in [0.4, 0.5) is 0 Å². The molecule has 2 aromatic rings. The summed E-state index contributed by atoms with van der Waals surface area (Å²) >= 11 is 2.80. The van der Waals surface area contributed by atoms with Gasteiger partial charge in [-0.3, -0.25) is 9.59 Å². The maximum absolute atomic E-state index is 11.8. The van der Waals surface area contributed by atoms with Gasteiger partial charge < -0.3 is 5.11 Å². The van der Waals surface area contributed by atoms with Crippen LogP contribution < -0.4 is 5.56 Å². The molecule has 112 valence electrons. The van der Waals surface area contributed by atoms with Crippen molar-refractivity contribution in [1.29, 1.82) is 0 Å². The number of carbonyl (C=O) groups is 1. The number of aryl methyl sites for hydroxylation is 2. The zero-order valence-electron chi connectivity index (χ0n) is 11.6. The molecule has 0 spiro atoms. The van der Waals surface area contributed by atoms with Crippen molar-refractivity contribution in [3.8, 4) is 0 Å². The Morgan fingerprint density at radius 1 is 1.48 bits per heavy atom. The first-order valence-corrected chi connectivity index (χ1v) is 8.09. The van der Waals surface area contributed by atoms with Gasteiger partial charge >= 0.3 is 5.97 Å². The molecule has 9 heteroatoms. The Morgan fingerprint density at radius 2 is 2.24 bits per heavy atom. The average Bonchev–Trinajstić information content (AvgIpc) is 2.84. The van der Waals surface area contributed by atoms with Crippen LogP contribution in [0.2, 0.25) is 0 Å². The number of thiazole rings is 1. The standard InChI is InChI=1S/C12H14N4O3S2/c1-3-9-11(19)14-12(16(15-9)4-10(17)18)21-6-8-5-20-7(2)13-8/h5H,3-4,6H2,1-2H3,(H,17,18). The minimum absolute atomic E-state index is 0.269. The van der Waals surface area contributed by atoms with E-state index in [-0.39, 0.29) is 12.2 Å². The second-order valence-corrected chi connectivity index (χ2v) is 6.20. The van der Waals surface area contributed by atoms with Gasteiger partial charge in [0, 0.05) is 11.1 Å². The predicted molar refractivity (Wildman–Crippen MR) is 79.7 cm³/mol. The van der Waals surface area contributed by atoms with Crippen LogP contribution >= 0.6 is 23.1 Å². The second-order valence-electron chi connectivity index (χ2n) is 4.20. The number of thioether (sulfide) groups is 1. The van der Waals surface area contributed by atoms with E-state index in [4.69, 9.17) is 5.11 Å². The Bertz CT molecular complexity index is 711. The van der Waals surface area contributed by atoms with Gasteiger partial charge in [0.15, 0.2) is 5.16 Å². The van der Waals surface area contributed by atoms with Crippen LogP contribution in [0.3, 0.4) is 0 Å². The largest absolute Gasteiger partial charge is 0.480 e. The van der Waals surface area contributed by atoms with Gasteiger partial charge in [0.05, 0.1) is 10.7 Å². The van der Waals surface area contributed by atoms with Gasteiger partial charge in [-0.25, -0.2) is 9.67 Å². The summed E-state index contributed by atoms with van der Waals surface area (Å²) in [5.74, 6) is -0.509. The molecule has 0 saturated heterocycles. The van der Waals surface area contributed by atoms with Gasteiger partial charge in [0.2, 0.25) is 0 Å². The molecule has 2 heterocycles. The van der Waals surface area contributed by atoms with Crippen LogP contribution in [0.5, 0.6) is 0 Å². The van der Waals surface area contributed by atoms with Crippen molar-refractivity contribution in [1.82, 2.24) is 19.7 Å². The molecular weight excluding hydrogens is 312 g/mol. The van der Waals surface area contributed by atoms with E-state index < -0.39 is 11.5 Å². The minimum Gasteiger partial charge on any atom is -0.480 e. The zero-order chi connectivity index (χ0) is 15.4. The number of nitrogens with zero attached hydrogens (tertiary/aromatic N) is 4. The maximum Gasteiger partial charge on any atom is 0.325 e. The topological polar surface area (TPSA) is 98.0 Å². The van der Waals surface area contributed by atoms with Crippen molar-refractivity contribution >= 4 is 29.1 Å². The van der Waals surface area contributed by atoms with Crippen LogP contribution in [-0.4, -0.2) is 30.8 Å². The monoisotopic (exact) mass is 326 g/mol. The second kappa shape index (κ2) is 6.81. The quantitative estimate of drug-likeness (QED) is 0.800. The zero-order valence-corrected chi connectivity index (χ0v) is 13.2. The molecule has 0 aliphatic heterocycles. The van der Waals surface area contributed by atoms with E-state index in [1.807, 2.05) is 12.3 Å². The smallest absolute Gasteiger partial charge is 0.325 e. The molecule has 2 rings (SSSR count). The molecule has 2 aromatic heterocycles. The van der Waals surface area contributed by atoms with Crippen molar-refractivity contribution in [2.45, 2.75) is 37.7 Å². The van der Waals surface area contributed by atoms with Gasteiger partial charge in [-0.2, -0.15) is 10.1 Å². The molecule has 1 N–H and O–H groups in total. The lowest BCUT2D eigenvalue weighted by atomic mass is 10.4. The maximum atomic E-state index is 11.8. The minimum atomic E-state index is -1.03. The fourth-order valence-corrected chi connectivity index (χ4v) is 3.16. The normalized spacial score (nSPS) is 10.8. The summed E-state index contributed by atoms with van der Waals surface area (Å²) in [5.41, 5.74) is 0.736. The fourth-order valence-electron chi connectivity index (χ4n) is 1.61. The van der Waals surface area contributed by atoms with E-state index >= 15 is 0 Å². The lowest BCUT2D eigenvalue weighted by Gasteiger charge is -2.09. The Kier molecular flexibility index (Phi) is 5.07. The lowest BCUT2D eigenvalue weighted by molar-refractivity contribution is -0.138. The van der Waals surface area contributed by atoms with Crippen LogP contribution in [-0.2, 0) is 23.5 Å². The highest BCUT2D eigenvalue weighted by atomic mass is 32.2. The van der Waals surface area contributed by atoms with Crippen LogP contribution in [0.15, 0.2) is 15.3 Å². The number of hydrogen-bond acceptors (Lipinski definition) is 7. The third-order valence-electron chi connectivity index (χ3n) is 2.54. The summed E-state index contributed by atoms with van der Waals surface area (Å²) in [7, 11) is 0. The van der Waals surface area contributed by atoms with E-state index in [2.05, 4.69) is 15.1 Å². The summed E-state index contributed by atoms with van der Waals surface area (Å²) in [4.78, 5) is 30.9. The van der Waals surface area contributed by atoms with E-state index in [0.29, 0.717) is 17.3 Å². The number of aliphatic carboxylic acids is 1. The molecule has 0 radical (unpaired) electrons. The fraction of sp³-hybridized carbons (Fsp3) is 0.417. The molecule has 21 heavy (non-hydrogen) atoms. The molecule has 0 unspecified atom stereocenters. The predicted octanol–water partition coefficient (Wildman–Crippen LogP) is 1.34. The van der Waals surface area contributed by atoms with Crippen LogP contribution in [0.25, 0.3) is 0 Å². The molecule has 0 bridgehead atoms. The first-order chi connectivity index (χ1) is 9.99. The van der Waals surface area contributed by atoms with E-state index in [0.717, 1.165) is 10.7 Å². The average molecular weight is 326 g/mol. The number of hydrogen-bond donors (Lipinski definition) is 1. The molecule has 0 fully saturated rings. The van der Waals surface area contributed by atoms with Crippen molar-refractivity contribution in [3.05, 3.63) is 32.1 Å².